The number of nitrogens with one attached hydrogen (secondary N) is 1. The summed E-state index contributed by atoms with van der Waals surface area (Å²) in [5.41, 5.74) is 0.411. The summed E-state index contributed by atoms with van der Waals surface area (Å²) in [7, 11) is -3.70. The molecule has 0 unspecified atom stereocenters. The Bertz CT molecular complexity index is 748. The molecule has 2 rings (SSSR count). The summed E-state index contributed by atoms with van der Waals surface area (Å²) < 4.78 is 34.2. The number of halogens is 2. The quantitative estimate of drug-likeness (QED) is 0.758. The van der Waals surface area contributed by atoms with E-state index in [1.54, 1.807) is 36.4 Å². The highest BCUT2D eigenvalue weighted by Crippen LogP contribution is 2.30. The first-order chi connectivity index (χ1) is 9.94. The number of sulfonamides is 1. The number of para-hydroxylation sites is 2. The van der Waals surface area contributed by atoms with E-state index in [9.17, 15) is 8.42 Å². The Kier molecular flexibility index (Phi) is 5.29. The molecule has 4 nitrogen and oxygen atoms in total. The predicted molar refractivity (Wildman–Crippen MR) is 90.3 cm³/mol. The third-order valence-corrected chi connectivity index (χ3v) is 5.45. The van der Waals surface area contributed by atoms with Crippen molar-refractivity contribution in [3.05, 3.63) is 51.4 Å². The maximum Gasteiger partial charge on any atom is 0.263 e. The molecule has 0 fully saturated rings. The van der Waals surface area contributed by atoms with Gasteiger partial charge in [0.05, 0.1) is 12.3 Å². The number of hydrogen-bond acceptors (Lipinski definition) is 3. The van der Waals surface area contributed by atoms with Crippen LogP contribution in [0.1, 0.15) is 6.92 Å². The van der Waals surface area contributed by atoms with Crippen molar-refractivity contribution >= 4 is 47.6 Å². The third kappa shape index (κ3) is 3.99. The lowest BCUT2D eigenvalue weighted by Gasteiger charge is -2.13. The standard InChI is InChI=1S/C14H13Br2NO3S/c1-2-20-13-6-4-3-5-12(13)17-21(18,19)14-8-7-10(15)9-11(14)16/h3-9,17H,2H2,1H3. The summed E-state index contributed by atoms with van der Waals surface area (Å²) in [6.07, 6.45) is 0. The van der Waals surface area contributed by atoms with Crippen LogP contribution in [0.15, 0.2) is 56.3 Å². The highest BCUT2D eigenvalue weighted by Gasteiger charge is 2.19. The molecule has 21 heavy (non-hydrogen) atoms. The Morgan fingerprint density at radius 1 is 1.14 bits per heavy atom. The van der Waals surface area contributed by atoms with E-state index in [4.69, 9.17) is 4.74 Å². The van der Waals surface area contributed by atoms with Gasteiger partial charge in [-0.1, -0.05) is 28.1 Å². The topological polar surface area (TPSA) is 55.4 Å². The average Bonchev–Trinajstić information content (AvgIpc) is 2.40. The van der Waals surface area contributed by atoms with Crippen molar-refractivity contribution in [3.8, 4) is 5.75 Å². The zero-order valence-electron chi connectivity index (χ0n) is 11.1. The lowest BCUT2D eigenvalue weighted by atomic mass is 10.3. The Balaban J connectivity index is 2.38. The zero-order valence-corrected chi connectivity index (χ0v) is 15.1. The highest BCUT2D eigenvalue weighted by atomic mass is 79.9. The summed E-state index contributed by atoms with van der Waals surface area (Å²) in [4.78, 5) is 0.164. The van der Waals surface area contributed by atoms with Gasteiger partial charge in [0.1, 0.15) is 10.6 Å². The van der Waals surface area contributed by atoms with Gasteiger partial charge < -0.3 is 4.74 Å². The molecular formula is C14H13Br2NO3S. The average molecular weight is 435 g/mol. The number of hydrogen-bond donors (Lipinski definition) is 1. The smallest absolute Gasteiger partial charge is 0.263 e. The Morgan fingerprint density at radius 2 is 1.86 bits per heavy atom. The van der Waals surface area contributed by atoms with E-state index in [0.717, 1.165) is 4.47 Å². The largest absolute Gasteiger partial charge is 0.492 e. The summed E-state index contributed by atoms with van der Waals surface area (Å²) >= 11 is 6.56. The minimum atomic E-state index is -3.70. The highest BCUT2D eigenvalue weighted by molar-refractivity contribution is 9.11. The first-order valence-electron chi connectivity index (χ1n) is 6.13. The minimum Gasteiger partial charge on any atom is -0.492 e. The molecule has 0 saturated carbocycles. The molecule has 7 heteroatoms. The van der Waals surface area contributed by atoms with Crippen molar-refractivity contribution in [1.29, 1.82) is 0 Å². The van der Waals surface area contributed by atoms with E-state index in [-0.39, 0.29) is 4.90 Å². The van der Waals surface area contributed by atoms with E-state index in [2.05, 4.69) is 36.6 Å². The van der Waals surface area contributed by atoms with Crippen LogP contribution in [-0.4, -0.2) is 15.0 Å². The number of ether oxygens (including phenoxy) is 1. The van der Waals surface area contributed by atoms with E-state index in [0.29, 0.717) is 22.5 Å². The maximum absolute atomic E-state index is 12.5. The molecule has 112 valence electrons. The number of rotatable bonds is 5. The third-order valence-electron chi connectivity index (χ3n) is 2.61. The van der Waals surface area contributed by atoms with Crippen LogP contribution in [0, 0.1) is 0 Å². The molecule has 0 aromatic heterocycles. The first-order valence-corrected chi connectivity index (χ1v) is 9.20. The fourth-order valence-electron chi connectivity index (χ4n) is 1.73. The van der Waals surface area contributed by atoms with Crippen LogP contribution in [0.25, 0.3) is 0 Å². The second-order valence-corrected chi connectivity index (χ2v) is 7.53. The van der Waals surface area contributed by atoms with Crippen LogP contribution >= 0.6 is 31.9 Å². The fraction of sp³-hybridized carbons (Fsp3) is 0.143. The van der Waals surface area contributed by atoms with Crippen LogP contribution in [0.2, 0.25) is 0 Å². The molecule has 0 aliphatic rings. The Morgan fingerprint density at radius 3 is 2.52 bits per heavy atom. The van der Waals surface area contributed by atoms with Gasteiger partial charge in [-0.05, 0) is 53.2 Å². The second-order valence-electron chi connectivity index (χ2n) is 4.11. The minimum absolute atomic E-state index is 0.164. The lowest BCUT2D eigenvalue weighted by molar-refractivity contribution is 0.342. The van der Waals surface area contributed by atoms with Crippen LogP contribution in [0.4, 0.5) is 5.69 Å². The van der Waals surface area contributed by atoms with E-state index in [1.165, 1.54) is 6.07 Å². The monoisotopic (exact) mass is 433 g/mol. The normalized spacial score (nSPS) is 11.2. The Hall–Kier alpha value is -1.05. The van der Waals surface area contributed by atoms with Crippen molar-refractivity contribution in [2.24, 2.45) is 0 Å². The SMILES string of the molecule is CCOc1ccccc1NS(=O)(=O)c1ccc(Br)cc1Br. The summed E-state index contributed by atoms with van der Waals surface area (Å²) in [6.45, 7) is 2.30. The van der Waals surface area contributed by atoms with Crippen molar-refractivity contribution in [1.82, 2.24) is 0 Å². The molecule has 0 aliphatic carbocycles. The van der Waals surface area contributed by atoms with Crippen molar-refractivity contribution in [2.75, 3.05) is 11.3 Å². The van der Waals surface area contributed by atoms with Gasteiger partial charge in [-0.15, -0.1) is 0 Å². The van der Waals surface area contributed by atoms with Crippen LogP contribution in [0.3, 0.4) is 0 Å². The van der Waals surface area contributed by atoms with E-state index < -0.39 is 10.0 Å². The zero-order chi connectivity index (χ0) is 15.5. The van der Waals surface area contributed by atoms with Crippen molar-refractivity contribution in [3.63, 3.8) is 0 Å². The van der Waals surface area contributed by atoms with Gasteiger partial charge in [0.25, 0.3) is 10.0 Å². The molecule has 1 N–H and O–H groups in total. The van der Waals surface area contributed by atoms with E-state index in [1.807, 2.05) is 6.92 Å². The predicted octanol–water partition coefficient (Wildman–Crippen LogP) is 4.41. The Labute approximate surface area is 140 Å². The number of anilines is 1. The van der Waals surface area contributed by atoms with Crippen LogP contribution < -0.4 is 9.46 Å². The van der Waals surface area contributed by atoms with Gasteiger partial charge >= 0.3 is 0 Å². The first kappa shape index (κ1) is 16.3. The van der Waals surface area contributed by atoms with Gasteiger partial charge in [0.2, 0.25) is 0 Å². The molecule has 0 bridgehead atoms. The van der Waals surface area contributed by atoms with Crippen LogP contribution in [-0.2, 0) is 10.0 Å². The molecule has 2 aromatic rings. The fourth-order valence-corrected chi connectivity index (χ4v) is 4.54. The summed E-state index contributed by atoms with van der Waals surface area (Å²) in [5.74, 6) is 0.497. The second kappa shape index (κ2) is 6.81. The molecule has 0 amide bonds. The van der Waals surface area contributed by atoms with Crippen molar-refractivity contribution < 1.29 is 13.2 Å². The van der Waals surface area contributed by atoms with Crippen molar-refractivity contribution in [2.45, 2.75) is 11.8 Å². The van der Waals surface area contributed by atoms with E-state index >= 15 is 0 Å². The molecule has 0 spiro atoms. The summed E-state index contributed by atoms with van der Waals surface area (Å²) in [6, 6.07) is 11.8. The molecule has 0 heterocycles. The molecular weight excluding hydrogens is 422 g/mol. The molecule has 0 radical (unpaired) electrons. The van der Waals surface area contributed by atoms with Gasteiger partial charge in [0, 0.05) is 8.95 Å². The molecule has 2 aromatic carbocycles. The van der Waals surface area contributed by atoms with Gasteiger partial charge in [0.15, 0.2) is 0 Å². The molecule has 0 atom stereocenters. The van der Waals surface area contributed by atoms with Gasteiger partial charge in [-0.3, -0.25) is 4.72 Å². The van der Waals surface area contributed by atoms with Gasteiger partial charge in [-0.2, -0.15) is 0 Å². The molecule has 0 aliphatic heterocycles. The lowest BCUT2D eigenvalue weighted by Crippen LogP contribution is -2.14. The number of benzene rings is 2. The summed E-state index contributed by atoms with van der Waals surface area (Å²) in [5, 5.41) is 0. The van der Waals surface area contributed by atoms with Gasteiger partial charge in [-0.25, -0.2) is 8.42 Å². The molecule has 0 saturated heterocycles. The van der Waals surface area contributed by atoms with Crippen LogP contribution in [0.5, 0.6) is 5.75 Å². The maximum atomic E-state index is 12.5.